The fraction of sp³-hybridized carbons (Fsp3) is 0. The summed E-state index contributed by atoms with van der Waals surface area (Å²) in [5.41, 5.74) is 9.97. The summed E-state index contributed by atoms with van der Waals surface area (Å²) in [5, 5.41) is 4.32. The van der Waals surface area contributed by atoms with Crippen LogP contribution in [0, 0.1) is 0 Å². The molecule has 3 aromatic carbocycles. The van der Waals surface area contributed by atoms with Crippen molar-refractivity contribution in [1.29, 1.82) is 0 Å². The summed E-state index contributed by atoms with van der Waals surface area (Å²) in [6, 6.07) is 29.2. The normalized spacial score (nSPS) is 11.3. The molecule has 0 saturated heterocycles. The zero-order chi connectivity index (χ0) is 27.9. The second-order valence-electron chi connectivity index (χ2n) is 10.1. The number of aromatic nitrogens is 6. The minimum atomic E-state index is 0.889. The van der Waals surface area contributed by atoms with Gasteiger partial charge in [0.05, 0.1) is 22.4 Å². The molecule has 0 spiro atoms. The molecule has 0 fully saturated rings. The van der Waals surface area contributed by atoms with Gasteiger partial charge in [0.2, 0.25) is 0 Å². The van der Waals surface area contributed by atoms with Crippen LogP contribution in [0.3, 0.4) is 0 Å². The fourth-order valence-corrected chi connectivity index (χ4v) is 5.56. The highest BCUT2D eigenvalue weighted by atomic mass is 14.8. The van der Waals surface area contributed by atoms with Crippen LogP contribution in [0.15, 0.2) is 135 Å². The molecule has 8 aromatic rings. The summed E-state index contributed by atoms with van der Waals surface area (Å²) in [7, 11) is 0. The van der Waals surface area contributed by atoms with Crippen molar-refractivity contribution in [1.82, 2.24) is 29.9 Å². The molecule has 196 valence electrons. The molecule has 0 aliphatic heterocycles. The number of nitrogens with zero attached hydrogens (tertiary/aromatic N) is 6. The standard InChI is InChI=1S/C36H22N6/c1-5-29-31(19-25(1)33-7-3-27(21-41-33)23-9-13-37-14-10-23)32-20-26(2-6-30(32)36-35(29)39-17-18-40-36)34-8-4-28(22-42-34)24-11-15-38-16-12-24/h1-22H. The average Bonchev–Trinajstić information content (AvgIpc) is 3.09. The van der Waals surface area contributed by atoms with Gasteiger partial charge in [-0.2, -0.15) is 0 Å². The number of hydrogen-bond acceptors (Lipinski definition) is 6. The fourth-order valence-electron chi connectivity index (χ4n) is 5.56. The second-order valence-corrected chi connectivity index (χ2v) is 10.1. The molecule has 6 nitrogen and oxygen atoms in total. The van der Waals surface area contributed by atoms with E-state index in [1.165, 1.54) is 0 Å². The van der Waals surface area contributed by atoms with Crippen molar-refractivity contribution in [3.63, 3.8) is 0 Å². The van der Waals surface area contributed by atoms with E-state index in [0.717, 1.165) is 77.3 Å². The zero-order valence-electron chi connectivity index (χ0n) is 22.4. The molecule has 0 radical (unpaired) electrons. The molecule has 0 amide bonds. The lowest BCUT2D eigenvalue weighted by Gasteiger charge is -2.12. The van der Waals surface area contributed by atoms with E-state index in [2.05, 4.69) is 70.6 Å². The molecule has 0 atom stereocenters. The molecule has 6 heteroatoms. The Hall–Kier alpha value is -5.88. The molecule has 8 rings (SSSR count). The Morgan fingerprint density at radius 3 is 1.14 bits per heavy atom. The maximum Gasteiger partial charge on any atom is 0.0971 e. The highest BCUT2D eigenvalue weighted by Crippen LogP contribution is 2.37. The Kier molecular flexibility index (Phi) is 5.67. The van der Waals surface area contributed by atoms with E-state index in [1.54, 1.807) is 37.2 Å². The monoisotopic (exact) mass is 538 g/mol. The molecular formula is C36H22N6. The van der Waals surface area contributed by atoms with E-state index in [1.807, 2.05) is 36.7 Å². The summed E-state index contributed by atoms with van der Waals surface area (Å²) in [6.45, 7) is 0. The molecule has 0 saturated carbocycles. The summed E-state index contributed by atoms with van der Waals surface area (Å²) in [4.78, 5) is 27.3. The number of benzene rings is 3. The first-order chi connectivity index (χ1) is 20.8. The van der Waals surface area contributed by atoms with Gasteiger partial charge >= 0.3 is 0 Å². The molecule has 42 heavy (non-hydrogen) atoms. The summed E-state index contributed by atoms with van der Waals surface area (Å²) >= 11 is 0. The van der Waals surface area contributed by atoms with Gasteiger partial charge in [0.15, 0.2) is 0 Å². The Labute approximate surface area is 241 Å². The third-order valence-corrected chi connectivity index (χ3v) is 7.68. The first kappa shape index (κ1) is 24.0. The average molecular weight is 539 g/mol. The van der Waals surface area contributed by atoms with Gasteiger partial charge in [-0.1, -0.05) is 36.4 Å². The van der Waals surface area contributed by atoms with E-state index in [-0.39, 0.29) is 0 Å². The minimum absolute atomic E-state index is 0.889. The van der Waals surface area contributed by atoms with Crippen LogP contribution in [0.4, 0.5) is 0 Å². The molecule has 5 heterocycles. The van der Waals surface area contributed by atoms with Crippen LogP contribution in [0.5, 0.6) is 0 Å². The number of pyridine rings is 4. The maximum absolute atomic E-state index is 4.81. The summed E-state index contributed by atoms with van der Waals surface area (Å²) in [6.07, 6.45) is 14.5. The van der Waals surface area contributed by atoms with E-state index in [0.29, 0.717) is 0 Å². The Balaban J connectivity index is 1.27. The minimum Gasteiger partial charge on any atom is -0.265 e. The van der Waals surface area contributed by atoms with Crippen LogP contribution < -0.4 is 0 Å². The predicted octanol–water partition coefficient (Wildman–Crippen LogP) is 8.18. The van der Waals surface area contributed by atoms with Gasteiger partial charge in [-0.05, 0) is 70.4 Å². The SMILES string of the molecule is c1cc(-c2ccc(-c3ccc4c(c3)c3cc(-c5ccc(-c6ccncc6)cn5)ccc3c3nccnc43)nc2)ccn1. The van der Waals surface area contributed by atoms with Gasteiger partial charge in [-0.3, -0.25) is 29.9 Å². The number of rotatable bonds is 4. The first-order valence-electron chi connectivity index (χ1n) is 13.7. The van der Waals surface area contributed by atoms with E-state index >= 15 is 0 Å². The van der Waals surface area contributed by atoms with Crippen molar-refractivity contribution in [2.75, 3.05) is 0 Å². The lowest BCUT2D eigenvalue weighted by molar-refractivity contribution is 1.30. The van der Waals surface area contributed by atoms with Crippen molar-refractivity contribution in [3.8, 4) is 44.8 Å². The highest BCUT2D eigenvalue weighted by molar-refractivity contribution is 6.24. The van der Waals surface area contributed by atoms with E-state index in [4.69, 9.17) is 19.9 Å². The van der Waals surface area contributed by atoms with Crippen LogP contribution in [-0.2, 0) is 0 Å². The van der Waals surface area contributed by atoms with E-state index < -0.39 is 0 Å². The van der Waals surface area contributed by atoms with Gasteiger partial charge in [0, 0.05) is 82.6 Å². The van der Waals surface area contributed by atoms with Crippen LogP contribution in [0.1, 0.15) is 0 Å². The van der Waals surface area contributed by atoms with Crippen molar-refractivity contribution in [3.05, 3.63) is 135 Å². The van der Waals surface area contributed by atoms with E-state index in [9.17, 15) is 0 Å². The first-order valence-corrected chi connectivity index (χ1v) is 13.7. The van der Waals surface area contributed by atoms with Gasteiger partial charge in [-0.25, -0.2) is 0 Å². The lowest BCUT2D eigenvalue weighted by atomic mass is 9.94. The van der Waals surface area contributed by atoms with Gasteiger partial charge in [-0.15, -0.1) is 0 Å². The maximum atomic E-state index is 4.81. The van der Waals surface area contributed by atoms with Crippen LogP contribution in [0.2, 0.25) is 0 Å². The van der Waals surface area contributed by atoms with Gasteiger partial charge in [0.1, 0.15) is 0 Å². The third kappa shape index (κ3) is 4.14. The highest BCUT2D eigenvalue weighted by Gasteiger charge is 2.14. The molecular weight excluding hydrogens is 516 g/mol. The van der Waals surface area contributed by atoms with Gasteiger partial charge in [0.25, 0.3) is 0 Å². The molecule has 5 aromatic heterocycles. The molecule has 0 N–H and O–H groups in total. The predicted molar refractivity (Wildman–Crippen MR) is 167 cm³/mol. The van der Waals surface area contributed by atoms with Crippen LogP contribution in [-0.4, -0.2) is 29.9 Å². The quantitative estimate of drug-likeness (QED) is 0.210. The third-order valence-electron chi connectivity index (χ3n) is 7.68. The molecule has 0 aliphatic rings. The largest absolute Gasteiger partial charge is 0.265 e. The van der Waals surface area contributed by atoms with Crippen LogP contribution in [0.25, 0.3) is 77.3 Å². The second kappa shape index (κ2) is 9.94. The number of hydrogen-bond donors (Lipinski definition) is 0. The molecule has 0 unspecified atom stereocenters. The summed E-state index contributed by atoms with van der Waals surface area (Å²) < 4.78 is 0. The van der Waals surface area contributed by atoms with Gasteiger partial charge < -0.3 is 0 Å². The Morgan fingerprint density at radius 2 is 0.738 bits per heavy atom. The van der Waals surface area contributed by atoms with Crippen molar-refractivity contribution < 1.29 is 0 Å². The van der Waals surface area contributed by atoms with Crippen molar-refractivity contribution >= 4 is 32.6 Å². The van der Waals surface area contributed by atoms with Crippen molar-refractivity contribution in [2.45, 2.75) is 0 Å². The number of fused-ring (bicyclic) bond motifs is 6. The Bertz CT molecular complexity index is 2050. The van der Waals surface area contributed by atoms with Crippen LogP contribution >= 0.6 is 0 Å². The smallest absolute Gasteiger partial charge is 0.0971 e. The zero-order valence-corrected chi connectivity index (χ0v) is 22.4. The molecule has 0 aliphatic carbocycles. The Morgan fingerprint density at radius 1 is 0.310 bits per heavy atom. The molecule has 0 bridgehead atoms. The van der Waals surface area contributed by atoms with Crippen molar-refractivity contribution in [2.24, 2.45) is 0 Å². The topological polar surface area (TPSA) is 77.3 Å². The summed E-state index contributed by atoms with van der Waals surface area (Å²) in [5.74, 6) is 0. The lowest BCUT2D eigenvalue weighted by Crippen LogP contribution is -1.91.